The summed E-state index contributed by atoms with van der Waals surface area (Å²) < 4.78 is 11.3. The zero-order valence-electron chi connectivity index (χ0n) is 24.4. The number of carbonyl (C=O) groups excluding carboxylic acids is 2. The summed E-state index contributed by atoms with van der Waals surface area (Å²) in [5.41, 5.74) is 4.24. The van der Waals surface area contributed by atoms with Crippen LogP contribution in [-0.2, 0) is 0 Å². The fourth-order valence-electron chi connectivity index (χ4n) is 4.43. The molecule has 3 aromatic rings. The van der Waals surface area contributed by atoms with Crippen molar-refractivity contribution in [1.29, 1.82) is 0 Å². The number of hydrogen-bond donors (Lipinski definition) is 1. The van der Waals surface area contributed by atoms with Crippen LogP contribution in [0.3, 0.4) is 0 Å². The number of carbonyl (C=O) groups is 2. The lowest BCUT2D eigenvalue weighted by Crippen LogP contribution is -2.17. The predicted octanol–water partition coefficient (Wildman–Crippen LogP) is 8.75. The van der Waals surface area contributed by atoms with Crippen LogP contribution in [-0.4, -0.2) is 24.7 Å². The van der Waals surface area contributed by atoms with Gasteiger partial charge in [0.1, 0.15) is 11.5 Å². The lowest BCUT2D eigenvalue weighted by Gasteiger charge is -2.08. The Morgan fingerprint density at radius 3 is 1.83 bits per heavy atom. The Kier molecular flexibility index (Phi) is 14.8. The SMILES string of the molecule is CCCCCCCCCCCCCCOc1ccc(C(=O)Oc2ccc(/C=N/NC(=O)c3ccccc3)cc2)cc1. The van der Waals surface area contributed by atoms with Gasteiger partial charge in [-0.25, -0.2) is 10.2 Å². The minimum absolute atomic E-state index is 0.284. The highest BCUT2D eigenvalue weighted by Crippen LogP contribution is 2.17. The van der Waals surface area contributed by atoms with Crippen molar-refractivity contribution in [2.75, 3.05) is 6.61 Å². The van der Waals surface area contributed by atoms with Gasteiger partial charge in [-0.1, -0.05) is 95.8 Å². The van der Waals surface area contributed by atoms with Gasteiger partial charge in [-0.15, -0.1) is 0 Å². The molecule has 41 heavy (non-hydrogen) atoms. The Balaban J connectivity index is 1.27. The first-order valence-corrected chi connectivity index (χ1v) is 15.1. The van der Waals surface area contributed by atoms with Crippen molar-refractivity contribution in [1.82, 2.24) is 5.43 Å². The molecule has 0 saturated carbocycles. The van der Waals surface area contributed by atoms with E-state index in [0.29, 0.717) is 23.5 Å². The van der Waals surface area contributed by atoms with Gasteiger partial charge in [0.05, 0.1) is 18.4 Å². The van der Waals surface area contributed by atoms with Gasteiger partial charge in [-0.05, 0) is 72.6 Å². The molecule has 0 fully saturated rings. The Bertz CT molecular complexity index is 1180. The van der Waals surface area contributed by atoms with E-state index in [0.717, 1.165) is 17.7 Å². The molecule has 0 aliphatic rings. The fourth-order valence-corrected chi connectivity index (χ4v) is 4.43. The quantitative estimate of drug-likeness (QED) is 0.0526. The number of benzene rings is 3. The molecular formula is C35H44N2O4. The number of nitrogens with zero attached hydrogens (tertiary/aromatic N) is 1. The third-order valence-corrected chi connectivity index (χ3v) is 6.86. The highest BCUT2D eigenvalue weighted by atomic mass is 16.5. The van der Waals surface area contributed by atoms with Crippen LogP contribution < -0.4 is 14.9 Å². The van der Waals surface area contributed by atoms with Crippen LogP contribution in [0.15, 0.2) is 84.0 Å². The van der Waals surface area contributed by atoms with E-state index in [-0.39, 0.29) is 5.91 Å². The van der Waals surface area contributed by atoms with Gasteiger partial charge >= 0.3 is 5.97 Å². The third kappa shape index (κ3) is 12.9. The molecule has 0 spiro atoms. The van der Waals surface area contributed by atoms with Crippen LogP contribution in [0, 0.1) is 0 Å². The van der Waals surface area contributed by atoms with Crippen molar-refractivity contribution in [3.05, 3.63) is 95.6 Å². The van der Waals surface area contributed by atoms with E-state index in [2.05, 4.69) is 17.5 Å². The molecule has 0 radical (unpaired) electrons. The first kappa shape index (κ1) is 31.6. The summed E-state index contributed by atoms with van der Waals surface area (Å²) in [6.45, 7) is 2.95. The van der Waals surface area contributed by atoms with Crippen LogP contribution >= 0.6 is 0 Å². The van der Waals surface area contributed by atoms with E-state index in [1.165, 1.54) is 76.8 Å². The van der Waals surface area contributed by atoms with Crippen LogP contribution in [0.4, 0.5) is 0 Å². The molecule has 1 N–H and O–H groups in total. The molecule has 6 nitrogen and oxygen atoms in total. The molecule has 6 heteroatoms. The summed E-state index contributed by atoms with van der Waals surface area (Å²) in [6, 6.07) is 22.8. The number of ether oxygens (including phenoxy) is 2. The summed E-state index contributed by atoms with van der Waals surface area (Å²) >= 11 is 0. The first-order valence-electron chi connectivity index (χ1n) is 15.1. The second kappa shape index (κ2) is 19.2. The molecule has 0 bridgehead atoms. The summed E-state index contributed by atoms with van der Waals surface area (Å²) in [7, 11) is 0. The number of rotatable bonds is 19. The monoisotopic (exact) mass is 556 g/mol. The maximum atomic E-state index is 12.5. The summed E-state index contributed by atoms with van der Waals surface area (Å²) in [5.74, 6) is 0.461. The van der Waals surface area contributed by atoms with Gasteiger partial charge in [-0.3, -0.25) is 4.79 Å². The number of hydrazone groups is 1. The van der Waals surface area contributed by atoms with E-state index >= 15 is 0 Å². The van der Waals surface area contributed by atoms with Gasteiger partial charge in [0.2, 0.25) is 0 Å². The number of esters is 1. The Morgan fingerprint density at radius 1 is 0.659 bits per heavy atom. The van der Waals surface area contributed by atoms with Crippen molar-refractivity contribution < 1.29 is 19.1 Å². The maximum Gasteiger partial charge on any atom is 0.343 e. The van der Waals surface area contributed by atoms with Gasteiger partial charge in [0.25, 0.3) is 5.91 Å². The largest absolute Gasteiger partial charge is 0.494 e. The van der Waals surface area contributed by atoms with Gasteiger partial charge in [0, 0.05) is 5.56 Å². The Labute approximate surface area is 245 Å². The highest BCUT2D eigenvalue weighted by molar-refractivity contribution is 5.95. The molecule has 3 rings (SSSR count). The molecule has 0 atom stereocenters. The second-order valence-electron chi connectivity index (χ2n) is 10.3. The topological polar surface area (TPSA) is 77.0 Å². The number of nitrogens with one attached hydrogen (secondary N) is 1. The summed E-state index contributed by atoms with van der Waals surface area (Å²) in [6.07, 6.45) is 17.3. The molecule has 1 amide bonds. The van der Waals surface area contributed by atoms with Crippen molar-refractivity contribution >= 4 is 18.1 Å². The zero-order chi connectivity index (χ0) is 29.0. The number of amides is 1. The predicted molar refractivity (Wildman–Crippen MR) is 166 cm³/mol. The van der Waals surface area contributed by atoms with Crippen LogP contribution in [0.25, 0.3) is 0 Å². The molecule has 0 aliphatic carbocycles. The Hall–Kier alpha value is -3.93. The molecule has 0 heterocycles. The van der Waals surface area contributed by atoms with Crippen LogP contribution in [0.1, 0.15) is 110 Å². The maximum absolute atomic E-state index is 12.5. The van der Waals surface area contributed by atoms with E-state index in [1.807, 2.05) is 6.07 Å². The molecular weight excluding hydrogens is 512 g/mol. The van der Waals surface area contributed by atoms with Crippen molar-refractivity contribution in [2.24, 2.45) is 5.10 Å². The lowest BCUT2D eigenvalue weighted by molar-refractivity contribution is 0.0734. The fraction of sp³-hybridized carbons (Fsp3) is 0.400. The van der Waals surface area contributed by atoms with Crippen LogP contribution in [0.5, 0.6) is 11.5 Å². The summed E-state index contributed by atoms with van der Waals surface area (Å²) in [4.78, 5) is 24.6. The van der Waals surface area contributed by atoms with Crippen LogP contribution in [0.2, 0.25) is 0 Å². The summed E-state index contributed by atoms with van der Waals surface area (Å²) in [5, 5.41) is 3.98. The van der Waals surface area contributed by atoms with Crippen molar-refractivity contribution in [2.45, 2.75) is 84.0 Å². The number of unbranched alkanes of at least 4 members (excludes halogenated alkanes) is 11. The average molecular weight is 557 g/mol. The molecule has 3 aromatic carbocycles. The van der Waals surface area contributed by atoms with E-state index in [4.69, 9.17) is 9.47 Å². The average Bonchev–Trinajstić information content (AvgIpc) is 3.01. The second-order valence-corrected chi connectivity index (χ2v) is 10.3. The standard InChI is InChI=1S/C35H44N2O4/c1-2-3-4-5-6-7-8-9-10-11-12-16-27-40-32-25-21-31(22-26-32)35(39)41-33-23-19-29(20-24-33)28-36-37-34(38)30-17-14-13-15-18-30/h13-15,17-26,28H,2-12,16,27H2,1H3,(H,37,38)/b36-28+. The minimum atomic E-state index is -0.436. The molecule has 0 aromatic heterocycles. The lowest BCUT2D eigenvalue weighted by atomic mass is 10.1. The van der Waals surface area contributed by atoms with Gasteiger partial charge in [-0.2, -0.15) is 5.10 Å². The highest BCUT2D eigenvalue weighted by Gasteiger charge is 2.09. The molecule has 218 valence electrons. The van der Waals surface area contributed by atoms with E-state index in [1.54, 1.807) is 72.8 Å². The normalized spacial score (nSPS) is 11.0. The third-order valence-electron chi connectivity index (χ3n) is 6.86. The molecule has 0 saturated heterocycles. The number of hydrogen-bond acceptors (Lipinski definition) is 5. The zero-order valence-corrected chi connectivity index (χ0v) is 24.4. The van der Waals surface area contributed by atoms with E-state index < -0.39 is 5.97 Å². The first-order chi connectivity index (χ1) is 20.2. The Morgan fingerprint density at radius 2 is 1.22 bits per heavy atom. The van der Waals surface area contributed by atoms with E-state index in [9.17, 15) is 9.59 Å². The van der Waals surface area contributed by atoms with Gasteiger partial charge < -0.3 is 9.47 Å². The molecule has 0 unspecified atom stereocenters. The van der Waals surface area contributed by atoms with Crippen molar-refractivity contribution in [3.63, 3.8) is 0 Å². The molecule has 0 aliphatic heterocycles. The van der Waals surface area contributed by atoms with Crippen molar-refractivity contribution in [3.8, 4) is 11.5 Å². The van der Waals surface area contributed by atoms with Gasteiger partial charge in [0.15, 0.2) is 0 Å². The minimum Gasteiger partial charge on any atom is -0.494 e. The smallest absolute Gasteiger partial charge is 0.343 e.